The van der Waals surface area contributed by atoms with Crippen molar-refractivity contribution in [1.82, 2.24) is 4.90 Å². The predicted molar refractivity (Wildman–Crippen MR) is 85.7 cm³/mol. The molecule has 2 fully saturated rings. The number of nitrogens with two attached hydrogens (primary N) is 1. The molecule has 6 nitrogen and oxygen atoms in total. The quantitative estimate of drug-likeness (QED) is 0.882. The van der Waals surface area contributed by atoms with Crippen LogP contribution in [-0.4, -0.2) is 35.2 Å². The molecule has 1 unspecified atom stereocenters. The topological polar surface area (TPSA) is 92.5 Å². The molecule has 23 heavy (non-hydrogen) atoms. The molecule has 1 aromatic carbocycles. The van der Waals surface area contributed by atoms with E-state index in [0.29, 0.717) is 23.8 Å². The fraction of sp³-hybridized carbons (Fsp3) is 0.471. The van der Waals surface area contributed by atoms with Crippen LogP contribution in [0.2, 0.25) is 0 Å². The number of hydrogen-bond donors (Lipinski definition) is 2. The first kappa shape index (κ1) is 15.5. The second-order valence-electron chi connectivity index (χ2n) is 6.32. The number of likely N-dealkylation sites (tertiary alicyclic amines) is 1. The molecular weight excluding hydrogens is 294 g/mol. The van der Waals surface area contributed by atoms with E-state index in [1.807, 2.05) is 4.90 Å². The van der Waals surface area contributed by atoms with Crippen molar-refractivity contribution in [2.75, 3.05) is 11.9 Å². The predicted octanol–water partition coefficient (Wildman–Crippen LogP) is 1.52. The molecule has 2 aliphatic rings. The maximum atomic E-state index is 12.4. The van der Waals surface area contributed by atoms with E-state index in [-0.39, 0.29) is 24.2 Å². The van der Waals surface area contributed by atoms with Gasteiger partial charge in [0.15, 0.2) is 0 Å². The first-order valence-electron chi connectivity index (χ1n) is 8.05. The summed E-state index contributed by atoms with van der Waals surface area (Å²) in [6.45, 7) is 0.491. The minimum absolute atomic E-state index is 0.0722. The number of carbonyl (C=O) groups excluding carboxylic acids is 3. The SMILES string of the molecule is NC(=O)c1cccc(NC(=O)C2CC(=O)N(C3CCCC3)C2)c1. The van der Waals surface area contributed by atoms with Gasteiger partial charge in [-0.3, -0.25) is 14.4 Å². The molecule has 0 spiro atoms. The molecule has 0 bridgehead atoms. The summed E-state index contributed by atoms with van der Waals surface area (Å²) >= 11 is 0. The van der Waals surface area contributed by atoms with Gasteiger partial charge in [0, 0.05) is 30.3 Å². The van der Waals surface area contributed by atoms with Gasteiger partial charge in [0.2, 0.25) is 17.7 Å². The highest BCUT2D eigenvalue weighted by Gasteiger charge is 2.38. The lowest BCUT2D eigenvalue weighted by molar-refractivity contribution is -0.129. The number of benzene rings is 1. The first-order valence-corrected chi connectivity index (χ1v) is 8.05. The van der Waals surface area contributed by atoms with Crippen LogP contribution in [0.4, 0.5) is 5.69 Å². The molecule has 6 heteroatoms. The molecule has 3 N–H and O–H groups in total. The lowest BCUT2D eigenvalue weighted by Crippen LogP contribution is -2.35. The van der Waals surface area contributed by atoms with Crippen LogP contribution >= 0.6 is 0 Å². The van der Waals surface area contributed by atoms with Crippen LogP contribution in [0.3, 0.4) is 0 Å². The van der Waals surface area contributed by atoms with E-state index in [4.69, 9.17) is 5.73 Å². The van der Waals surface area contributed by atoms with Crippen molar-refractivity contribution in [3.63, 3.8) is 0 Å². The summed E-state index contributed by atoms with van der Waals surface area (Å²) in [5.41, 5.74) is 6.11. The number of nitrogens with zero attached hydrogens (tertiary/aromatic N) is 1. The van der Waals surface area contributed by atoms with Crippen LogP contribution in [0.5, 0.6) is 0 Å². The van der Waals surface area contributed by atoms with Crippen molar-refractivity contribution in [3.8, 4) is 0 Å². The molecule has 1 saturated carbocycles. The highest BCUT2D eigenvalue weighted by Crippen LogP contribution is 2.30. The van der Waals surface area contributed by atoms with Crippen molar-refractivity contribution in [1.29, 1.82) is 0 Å². The van der Waals surface area contributed by atoms with E-state index in [2.05, 4.69) is 5.32 Å². The molecule has 122 valence electrons. The Kier molecular flexibility index (Phi) is 4.32. The van der Waals surface area contributed by atoms with E-state index in [0.717, 1.165) is 25.7 Å². The smallest absolute Gasteiger partial charge is 0.248 e. The van der Waals surface area contributed by atoms with Crippen LogP contribution < -0.4 is 11.1 Å². The number of primary amides is 1. The summed E-state index contributed by atoms with van der Waals surface area (Å²) in [6.07, 6.45) is 4.66. The molecule has 0 aromatic heterocycles. The molecular formula is C17H21N3O3. The average Bonchev–Trinajstić information content (AvgIpc) is 3.16. The molecule has 1 atom stereocenters. The molecule has 1 aliphatic heterocycles. The monoisotopic (exact) mass is 315 g/mol. The van der Waals surface area contributed by atoms with Gasteiger partial charge in [0.25, 0.3) is 0 Å². The molecule has 1 heterocycles. The second kappa shape index (κ2) is 6.40. The Balaban J connectivity index is 1.63. The summed E-state index contributed by atoms with van der Waals surface area (Å²) in [4.78, 5) is 37.6. The molecule has 1 aromatic rings. The van der Waals surface area contributed by atoms with Crippen LogP contribution in [0.1, 0.15) is 42.5 Å². The van der Waals surface area contributed by atoms with Crippen molar-refractivity contribution in [2.45, 2.75) is 38.1 Å². The van der Waals surface area contributed by atoms with Crippen molar-refractivity contribution >= 4 is 23.4 Å². The molecule has 1 aliphatic carbocycles. The zero-order chi connectivity index (χ0) is 16.4. The largest absolute Gasteiger partial charge is 0.366 e. The molecule has 3 amide bonds. The summed E-state index contributed by atoms with van der Waals surface area (Å²) in [7, 11) is 0. The molecule has 1 saturated heterocycles. The number of carbonyl (C=O) groups is 3. The van der Waals surface area contributed by atoms with Gasteiger partial charge in [-0.15, -0.1) is 0 Å². The lowest BCUT2D eigenvalue weighted by Gasteiger charge is -2.23. The van der Waals surface area contributed by atoms with Crippen molar-refractivity contribution < 1.29 is 14.4 Å². The van der Waals surface area contributed by atoms with E-state index in [9.17, 15) is 14.4 Å². The zero-order valence-corrected chi connectivity index (χ0v) is 13.0. The highest BCUT2D eigenvalue weighted by molar-refractivity contribution is 5.99. The summed E-state index contributed by atoms with van der Waals surface area (Å²) in [5.74, 6) is -0.978. The van der Waals surface area contributed by atoms with Gasteiger partial charge >= 0.3 is 0 Å². The van der Waals surface area contributed by atoms with E-state index in [1.54, 1.807) is 24.3 Å². The normalized spacial score (nSPS) is 21.7. The minimum atomic E-state index is -0.537. The van der Waals surface area contributed by atoms with Crippen LogP contribution in [0.15, 0.2) is 24.3 Å². The maximum absolute atomic E-state index is 12.4. The van der Waals surface area contributed by atoms with Gasteiger partial charge in [-0.1, -0.05) is 18.9 Å². The van der Waals surface area contributed by atoms with E-state index in [1.165, 1.54) is 0 Å². The fourth-order valence-electron chi connectivity index (χ4n) is 3.47. The third-order valence-electron chi connectivity index (χ3n) is 4.71. The Labute approximate surface area is 135 Å². The van der Waals surface area contributed by atoms with E-state index < -0.39 is 5.91 Å². The van der Waals surface area contributed by atoms with Gasteiger partial charge in [-0.05, 0) is 31.0 Å². The zero-order valence-electron chi connectivity index (χ0n) is 13.0. The Morgan fingerprint density at radius 3 is 2.65 bits per heavy atom. The third kappa shape index (κ3) is 3.36. The maximum Gasteiger partial charge on any atom is 0.248 e. The van der Waals surface area contributed by atoms with Gasteiger partial charge in [-0.2, -0.15) is 0 Å². The number of hydrogen-bond acceptors (Lipinski definition) is 3. The Hall–Kier alpha value is -2.37. The van der Waals surface area contributed by atoms with Crippen LogP contribution in [-0.2, 0) is 9.59 Å². The molecule has 3 rings (SSSR count). The Morgan fingerprint density at radius 2 is 1.96 bits per heavy atom. The highest BCUT2D eigenvalue weighted by atomic mass is 16.2. The number of amides is 3. The fourth-order valence-corrected chi connectivity index (χ4v) is 3.47. The Bertz CT molecular complexity index is 638. The van der Waals surface area contributed by atoms with E-state index >= 15 is 0 Å². The standard InChI is InChI=1S/C17H21N3O3/c18-16(22)11-4-3-5-13(8-11)19-17(23)12-9-15(21)20(10-12)14-6-1-2-7-14/h3-5,8,12,14H,1-2,6-7,9-10H2,(H2,18,22)(H,19,23). The number of nitrogens with one attached hydrogen (secondary N) is 1. The third-order valence-corrected chi connectivity index (χ3v) is 4.71. The van der Waals surface area contributed by atoms with Crippen molar-refractivity contribution in [2.24, 2.45) is 11.7 Å². The lowest BCUT2D eigenvalue weighted by atomic mass is 10.1. The van der Waals surface area contributed by atoms with Gasteiger partial charge in [0.05, 0.1) is 5.92 Å². The Morgan fingerprint density at radius 1 is 1.22 bits per heavy atom. The minimum Gasteiger partial charge on any atom is -0.366 e. The van der Waals surface area contributed by atoms with Gasteiger partial charge in [0.1, 0.15) is 0 Å². The second-order valence-corrected chi connectivity index (χ2v) is 6.32. The molecule has 0 radical (unpaired) electrons. The van der Waals surface area contributed by atoms with Crippen LogP contribution in [0.25, 0.3) is 0 Å². The van der Waals surface area contributed by atoms with Gasteiger partial charge in [-0.25, -0.2) is 0 Å². The summed E-state index contributed by atoms with van der Waals surface area (Å²) < 4.78 is 0. The van der Waals surface area contributed by atoms with Crippen LogP contribution in [0, 0.1) is 5.92 Å². The first-order chi connectivity index (χ1) is 11.0. The van der Waals surface area contributed by atoms with Crippen molar-refractivity contribution in [3.05, 3.63) is 29.8 Å². The average molecular weight is 315 g/mol. The van der Waals surface area contributed by atoms with Gasteiger partial charge < -0.3 is 16.0 Å². The summed E-state index contributed by atoms with van der Waals surface area (Å²) in [6, 6.07) is 6.82. The number of anilines is 1. The summed E-state index contributed by atoms with van der Waals surface area (Å²) in [5, 5.41) is 2.79. The number of rotatable bonds is 4.